The van der Waals surface area contributed by atoms with Gasteiger partial charge in [-0.3, -0.25) is 9.59 Å². The second-order valence-electron chi connectivity index (χ2n) is 3.63. The van der Waals surface area contributed by atoms with Crippen LogP contribution in [-0.4, -0.2) is 28.2 Å². The summed E-state index contributed by atoms with van der Waals surface area (Å²) in [5.74, 6) is -0.335. The molecule has 0 aliphatic heterocycles. The van der Waals surface area contributed by atoms with Crippen molar-refractivity contribution >= 4 is 5.91 Å². The molecule has 0 spiro atoms. The molecule has 1 aromatic heterocycles. The van der Waals surface area contributed by atoms with Gasteiger partial charge in [-0.25, -0.2) is 0 Å². The molecule has 0 aliphatic carbocycles. The number of hydrogen-bond acceptors (Lipinski definition) is 3. The lowest BCUT2D eigenvalue weighted by Gasteiger charge is -2.13. The van der Waals surface area contributed by atoms with E-state index in [1.54, 1.807) is 13.1 Å². The van der Waals surface area contributed by atoms with E-state index in [4.69, 9.17) is 5.11 Å². The molecule has 1 rings (SSSR count). The topological polar surface area (TPSA) is 71.3 Å². The molecule has 1 atom stereocenters. The third kappa shape index (κ3) is 2.93. The van der Waals surface area contributed by atoms with Crippen molar-refractivity contribution in [3.8, 4) is 0 Å². The van der Waals surface area contributed by atoms with Crippen LogP contribution < -0.4 is 10.9 Å². The number of nitrogens with one attached hydrogen (secondary N) is 1. The normalized spacial score (nSPS) is 12.2. The number of aromatic nitrogens is 1. The zero-order valence-electron chi connectivity index (χ0n) is 9.43. The molecule has 1 aromatic rings. The molecule has 0 aromatic carbocycles. The Balaban J connectivity index is 2.81. The number of aliphatic hydroxyl groups is 1. The second kappa shape index (κ2) is 5.46. The van der Waals surface area contributed by atoms with Crippen molar-refractivity contribution in [1.82, 2.24) is 9.88 Å². The molecule has 0 bridgehead atoms. The van der Waals surface area contributed by atoms with E-state index in [1.165, 1.54) is 16.8 Å². The van der Waals surface area contributed by atoms with Gasteiger partial charge in [0, 0.05) is 24.9 Å². The highest BCUT2D eigenvalue weighted by atomic mass is 16.3. The largest absolute Gasteiger partial charge is 0.394 e. The van der Waals surface area contributed by atoms with E-state index in [9.17, 15) is 9.59 Å². The van der Waals surface area contributed by atoms with Crippen LogP contribution in [0.2, 0.25) is 0 Å². The number of rotatable bonds is 4. The van der Waals surface area contributed by atoms with Gasteiger partial charge in [0.25, 0.3) is 11.5 Å². The zero-order chi connectivity index (χ0) is 12.1. The van der Waals surface area contributed by atoms with Crippen molar-refractivity contribution in [3.63, 3.8) is 0 Å². The highest BCUT2D eigenvalue weighted by molar-refractivity contribution is 5.94. The van der Waals surface area contributed by atoms with Crippen LogP contribution >= 0.6 is 0 Å². The van der Waals surface area contributed by atoms with Gasteiger partial charge in [0.05, 0.1) is 12.6 Å². The molecule has 16 heavy (non-hydrogen) atoms. The fourth-order valence-electron chi connectivity index (χ4n) is 1.24. The van der Waals surface area contributed by atoms with E-state index in [2.05, 4.69) is 5.32 Å². The van der Waals surface area contributed by atoms with Gasteiger partial charge in [-0.15, -0.1) is 0 Å². The van der Waals surface area contributed by atoms with Gasteiger partial charge in [-0.05, 0) is 12.5 Å². The van der Waals surface area contributed by atoms with Crippen LogP contribution in [0.25, 0.3) is 0 Å². The first-order chi connectivity index (χ1) is 7.58. The SMILES string of the molecule is CC[C@H](CO)NC(=O)c1ccn(C)c(=O)c1. The van der Waals surface area contributed by atoms with E-state index < -0.39 is 0 Å². The molecule has 0 radical (unpaired) electrons. The molecule has 1 amide bonds. The van der Waals surface area contributed by atoms with Crippen LogP contribution in [0, 0.1) is 0 Å². The lowest BCUT2D eigenvalue weighted by atomic mass is 10.2. The summed E-state index contributed by atoms with van der Waals surface area (Å²) in [5.41, 5.74) is 0.0831. The number of aliphatic hydroxyl groups excluding tert-OH is 1. The van der Waals surface area contributed by atoms with Crippen LogP contribution in [0.5, 0.6) is 0 Å². The lowest BCUT2D eigenvalue weighted by Crippen LogP contribution is -2.37. The van der Waals surface area contributed by atoms with Gasteiger partial charge in [0.15, 0.2) is 0 Å². The summed E-state index contributed by atoms with van der Waals surface area (Å²) in [4.78, 5) is 23.0. The molecule has 0 fully saturated rings. The number of amides is 1. The maximum absolute atomic E-state index is 11.7. The molecular formula is C11H16N2O3. The smallest absolute Gasteiger partial charge is 0.251 e. The number of carbonyl (C=O) groups is 1. The average Bonchev–Trinajstić information content (AvgIpc) is 2.29. The summed E-state index contributed by atoms with van der Waals surface area (Å²) in [6, 6.07) is 2.58. The first kappa shape index (κ1) is 12.4. The van der Waals surface area contributed by atoms with Gasteiger partial charge in [0.1, 0.15) is 0 Å². The predicted molar refractivity (Wildman–Crippen MR) is 60.3 cm³/mol. The third-order valence-corrected chi connectivity index (χ3v) is 2.41. The fourth-order valence-corrected chi connectivity index (χ4v) is 1.24. The Bertz CT molecular complexity index is 421. The van der Waals surface area contributed by atoms with Crippen molar-refractivity contribution in [1.29, 1.82) is 0 Å². The van der Waals surface area contributed by atoms with Crippen molar-refractivity contribution in [2.75, 3.05) is 6.61 Å². The minimum atomic E-state index is -0.335. The van der Waals surface area contributed by atoms with Crippen molar-refractivity contribution in [3.05, 3.63) is 34.2 Å². The summed E-state index contributed by atoms with van der Waals surface area (Å²) in [6.45, 7) is 1.76. The Labute approximate surface area is 93.7 Å². The Morgan fingerprint density at radius 1 is 1.62 bits per heavy atom. The molecular weight excluding hydrogens is 208 g/mol. The number of pyridine rings is 1. The van der Waals surface area contributed by atoms with Crippen LogP contribution in [0.3, 0.4) is 0 Å². The predicted octanol–water partition coefficient (Wildman–Crippen LogP) is -0.114. The molecule has 5 heteroatoms. The van der Waals surface area contributed by atoms with Crippen LogP contribution in [0.15, 0.2) is 23.1 Å². The lowest BCUT2D eigenvalue weighted by molar-refractivity contribution is 0.0914. The van der Waals surface area contributed by atoms with Crippen LogP contribution in [-0.2, 0) is 7.05 Å². The van der Waals surface area contributed by atoms with Gasteiger partial charge >= 0.3 is 0 Å². The Morgan fingerprint density at radius 3 is 2.81 bits per heavy atom. The Morgan fingerprint density at radius 2 is 2.31 bits per heavy atom. The maximum Gasteiger partial charge on any atom is 0.251 e. The zero-order valence-corrected chi connectivity index (χ0v) is 9.43. The molecule has 0 saturated heterocycles. The standard InChI is InChI=1S/C11H16N2O3/c1-3-9(7-14)12-11(16)8-4-5-13(2)10(15)6-8/h4-6,9,14H,3,7H2,1-2H3,(H,12,16)/t9-/m1/s1. The molecule has 1 heterocycles. The average molecular weight is 224 g/mol. The number of hydrogen-bond donors (Lipinski definition) is 2. The number of carbonyl (C=O) groups excluding carboxylic acids is 1. The Kier molecular flexibility index (Phi) is 4.25. The summed E-state index contributed by atoms with van der Waals surface area (Å²) in [5, 5.41) is 11.6. The van der Waals surface area contributed by atoms with Gasteiger partial charge in [-0.2, -0.15) is 0 Å². The molecule has 5 nitrogen and oxygen atoms in total. The van der Waals surface area contributed by atoms with Gasteiger partial charge < -0.3 is 15.0 Å². The second-order valence-corrected chi connectivity index (χ2v) is 3.63. The summed E-state index contributed by atoms with van der Waals surface area (Å²) in [6.07, 6.45) is 2.18. The third-order valence-electron chi connectivity index (χ3n) is 2.41. The minimum Gasteiger partial charge on any atom is -0.394 e. The summed E-state index contributed by atoms with van der Waals surface area (Å²) < 4.78 is 1.39. The number of aryl methyl sites for hydroxylation is 1. The van der Waals surface area contributed by atoms with Gasteiger partial charge in [0.2, 0.25) is 0 Å². The van der Waals surface area contributed by atoms with Crippen molar-refractivity contribution < 1.29 is 9.90 Å². The highest BCUT2D eigenvalue weighted by Gasteiger charge is 2.11. The van der Waals surface area contributed by atoms with Crippen LogP contribution in [0.4, 0.5) is 0 Å². The van der Waals surface area contributed by atoms with E-state index in [0.717, 1.165) is 0 Å². The summed E-state index contributed by atoms with van der Waals surface area (Å²) in [7, 11) is 1.62. The highest BCUT2D eigenvalue weighted by Crippen LogP contribution is 1.97. The van der Waals surface area contributed by atoms with E-state index in [0.29, 0.717) is 12.0 Å². The van der Waals surface area contributed by atoms with Crippen LogP contribution in [0.1, 0.15) is 23.7 Å². The molecule has 0 saturated carbocycles. The first-order valence-electron chi connectivity index (χ1n) is 5.17. The van der Waals surface area contributed by atoms with Crippen molar-refractivity contribution in [2.24, 2.45) is 7.05 Å². The number of nitrogens with zero attached hydrogens (tertiary/aromatic N) is 1. The summed E-state index contributed by atoms with van der Waals surface area (Å²) >= 11 is 0. The minimum absolute atomic E-state index is 0.104. The molecule has 2 N–H and O–H groups in total. The van der Waals surface area contributed by atoms with E-state index in [-0.39, 0.29) is 24.1 Å². The van der Waals surface area contributed by atoms with Crippen molar-refractivity contribution in [2.45, 2.75) is 19.4 Å². The molecule has 0 aliphatic rings. The fraction of sp³-hybridized carbons (Fsp3) is 0.455. The first-order valence-corrected chi connectivity index (χ1v) is 5.17. The quantitative estimate of drug-likeness (QED) is 0.749. The molecule has 0 unspecified atom stereocenters. The van der Waals surface area contributed by atoms with E-state index >= 15 is 0 Å². The van der Waals surface area contributed by atoms with E-state index in [1.807, 2.05) is 6.92 Å². The Hall–Kier alpha value is -1.62. The maximum atomic E-state index is 11.7. The monoisotopic (exact) mass is 224 g/mol. The van der Waals surface area contributed by atoms with Gasteiger partial charge in [-0.1, -0.05) is 6.92 Å². The molecule has 88 valence electrons.